The average Bonchev–Trinajstić information content (AvgIpc) is 3.94. The number of hydrogen-bond acceptors (Lipinski definition) is 4. The van der Waals surface area contributed by atoms with Gasteiger partial charge in [0.15, 0.2) is 5.82 Å². The van der Waals surface area contributed by atoms with Crippen LogP contribution < -0.4 is 0 Å². The average molecular weight is 869 g/mol. The van der Waals surface area contributed by atoms with Crippen molar-refractivity contribution in [3.63, 3.8) is 0 Å². The third kappa shape index (κ3) is 6.82. The lowest BCUT2D eigenvalue weighted by Gasteiger charge is -2.12. The summed E-state index contributed by atoms with van der Waals surface area (Å²) in [6, 6.07) is 81.4. The van der Waals surface area contributed by atoms with E-state index in [1.54, 1.807) is 0 Å². The van der Waals surface area contributed by atoms with E-state index in [0.717, 1.165) is 73.0 Å². The normalized spacial score (nSPS) is 11.5. The minimum atomic E-state index is 0.655. The first kappa shape index (κ1) is 39.1. The van der Waals surface area contributed by atoms with E-state index in [0.29, 0.717) is 5.82 Å². The molecule has 0 aliphatic carbocycles. The van der Waals surface area contributed by atoms with Crippen LogP contribution in [0.1, 0.15) is 0 Å². The fraction of sp³-hybridized carbons (Fsp3) is 0. The molecule has 0 radical (unpaired) electrons. The van der Waals surface area contributed by atoms with E-state index in [1.807, 2.05) is 48.8 Å². The predicted octanol–water partition coefficient (Wildman–Crippen LogP) is 15.5. The molecule has 13 aromatic rings. The summed E-state index contributed by atoms with van der Waals surface area (Å²) in [4.78, 5) is 19.5. The number of benzene rings is 8. The molecule has 0 fully saturated rings. The molecule has 0 N–H and O–H groups in total. The summed E-state index contributed by atoms with van der Waals surface area (Å²) < 4.78 is 4.74. The lowest BCUT2D eigenvalue weighted by molar-refractivity contribution is 1.17. The summed E-state index contributed by atoms with van der Waals surface area (Å²) in [5.41, 5.74) is 17.9. The molecule has 0 spiro atoms. The standard InChI is InChI=1S/C62H40N6/c1-2-12-48(13-3-1)67-58-18-6-4-14-50(58)52-38-46(30-34-60(52)67)47-31-35-61-53(39-47)51-15-5-7-19-59(51)68(61)49-32-28-44(29-33-49)57-40-56(43-22-20-41(21-23-43)54-16-8-10-36-63-54)65-62(66-57)45-26-24-42(25-27-45)55-17-9-11-37-64-55/h1-40H. The van der Waals surface area contributed by atoms with Gasteiger partial charge in [0, 0.05) is 73.1 Å². The molecule has 6 heteroatoms. The number of aromatic nitrogens is 6. The van der Waals surface area contributed by atoms with Crippen LogP contribution in [0.5, 0.6) is 0 Å². The van der Waals surface area contributed by atoms with Gasteiger partial charge in [-0.05, 0) is 102 Å². The van der Waals surface area contributed by atoms with Gasteiger partial charge in [0.1, 0.15) is 0 Å². The van der Waals surface area contributed by atoms with Gasteiger partial charge in [-0.25, -0.2) is 9.97 Å². The molecular weight excluding hydrogens is 829 g/mol. The van der Waals surface area contributed by atoms with E-state index in [2.05, 4.69) is 213 Å². The maximum Gasteiger partial charge on any atom is 0.160 e. The van der Waals surface area contributed by atoms with Crippen molar-refractivity contribution in [2.45, 2.75) is 0 Å². The second-order valence-electron chi connectivity index (χ2n) is 17.1. The van der Waals surface area contributed by atoms with Gasteiger partial charge in [-0.15, -0.1) is 0 Å². The number of fused-ring (bicyclic) bond motifs is 6. The number of hydrogen-bond donors (Lipinski definition) is 0. The van der Waals surface area contributed by atoms with Crippen LogP contribution >= 0.6 is 0 Å². The molecule has 5 aromatic heterocycles. The highest BCUT2D eigenvalue weighted by Crippen LogP contribution is 2.39. The van der Waals surface area contributed by atoms with E-state index in [4.69, 9.17) is 9.97 Å². The number of para-hydroxylation sites is 3. The Labute approximate surface area is 392 Å². The first-order chi connectivity index (χ1) is 33.7. The molecule has 13 rings (SSSR count). The van der Waals surface area contributed by atoms with Crippen LogP contribution in [0.2, 0.25) is 0 Å². The largest absolute Gasteiger partial charge is 0.309 e. The van der Waals surface area contributed by atoms with Crippen molar-refractivity contribution in [1.29, 1.82) is 0 Å². The molecule has 318 valence electrons. The van der Waals surface area contributed by atoms with Crippen LogP contribution in [0.3, 0.4) is 0 Å². The van der Waals surface area contributed by atoms with E-state index in [1.165, 1.54) is 43.7 Å². The smallest absolute Gasteiger partial charge is 0.160 e. The fourth-order valence-electron chi connectivity index (χ4n) is 9.76. The SMILES string of the molecule is c1ccc(-n2c3ccccc3c3cc(-c4ccc5c(c4)c4ccccc4n5-c4ccc(-c5cc(-c6ccc(-c7ccccn7)cc6)nc(-c6ccc(-c7ccccn7)cc6)n5)cc4)ccc32)cc1. The Morgan fingerprint density at radius 2 is 0.632 bits per heavy atom. The Kier molecular flexibility index (Phi) is 9.39. The third-order valence-electron chi connectivity index (χ3n) is 13.1. The molecule has 0 aliphatic heterocycles. The molecule has 5 heterocycles. The van der Waals surface area contributed by atoms with Gasteiger partial charge >= 0.3 is 0 Å². The Morgan fingerprint density at radius 3 is 1.12 bits per heavy atom. The third-order valence-corrected chi connectivity index (χ3v) is 13.1. The zero-order chi connectivity index (χ0) is 45.0. The topological polar surface area (TPSA) is 61.4 Å². The van der Waals surface area contributed by atoms with Crippen LogP contribution in [0.25, 0.3) is 123 Å². The van der Waals surface area contributed by atoms with Crippen molar-refractivity contribution >= 4 is 43.6 Å². The number of nitrogens with zero attached hydrogens (tertiary/aromatic N) is 6. The Bertz CT molecular complexity index is 3870. The second-order valence-corrected chi connectivity index (χ2v) is 17.1. The molecule has 0 bridgehead atoms. The van der Waals surface area contributed by atoms with E-state index < -0.39 is 0 Å². The highest BCUT2D eigenvalue weighted by molar-refractivity contribution is 6.12. The predicted molar refractivity (Wildman–Crippen MR) is 279 cm³/mol. The van der Waals surface area contributed by atoms with E-state index in [9.17, 15) is 0 Å². The van der Waals surface area contributed by atoms with E-state index in [-0.39, 0.29) is 0 Å². The molecule has 0 atom stereocenters. The summed E-state index contributed by atoms with van der Waals surface area (Å²) in [6.45, 7) is 0. The van der Waals surface area contributed by atoms with E-state index >= 15 is 0 Å². The van der Waals surface area contributed by atoms with Crippen LogP contribution in [-0.2, 0) is 0 Å². The summed E-state index contributed by atoms with van der Waals surface area (Å²) in [6.07, 6.45) is 3.64. The highest BCUT2D eigenvalue weighted by atomic mass is 15.0. The molecule has 0 amide bonds. The van der Waals surface area contributed by atoms with Gasteiger partial charge in [0.05, 0.1) is 44.8 Å². The first-order valence-electron chi connectivity index (χ1n) is 22.9. The fourth-order valence-corrected chi connectivity index (χ4v) is 9.76. The van der Waals surface area contributed by atoms with Crippen LogP contribution in [0.4, 0.5) is 0 Å². The Balaban J connectivity index is 0.881. The van der Waals surface area contributed by atoms with Crippen LogP contribution in [0, 0.1) is 0 Å². The van der Waals surface area contributed by atoms with Gasteiger partial charge in [-0.3, -0.25) is 9.97 Å². The first-order valence-corrected chi connectivity index (χ1v) is 22.9. The van der Waals surface area contributed by atoms with Crippen molar-refractivity contribution in [1.82, 2.24) is 29.1 Å². The monoisotopic (exact) mass is 868 g/mol. The Hall–Kier alpha value is -9.26. The summed E-state index contributed by atoms with van der Waals surface area (Å²) in [7, 11) is 0. The molecule has 0 saturated carbocycles. The van der Waals surface area contributed by atoms with Crippen molar-refractivity contribution in [3.8, 4) is 78.9 Å². The maximum absolute atomic E-state index is 5.21. The molecule has 0 saturated heterocycles. The van der Waals surface area contributed by atoms with Crippen molar-refractivity contribution in [2.75, 3.05) is 0 Å². The number of rotatable bonds is 8. The molecule has 6 nitrogen and oxygen atoms in total. The molecule has 68 heavy (non-hydrogen) atoms. The van der Waals surface area contributed by atoms with Crippen LogP contribution in [0.15, 0.2) is 243 Å². The molecular formula is C62H40N6. The van der Waals surface area contributed by atoms with Crippen molar-refractivity contribution in [2.24, 2.45) is 0 Å². The summed E-state index contributed by atoms with van der Waals surface area (Å²) in [5, 5.41) is 4.91. The minimum Gasteiger partial charge on any atom is -0.309 e. The second kappa shape index (κ2) is 16.3. The molecule has 0 aliphatic rings. The van der Waals surface area contributed by atoms with Gasteiger partial charge in [-0.2, -0.15) is 0 Å². The quantitative estimate of drug-likeness (QED) is 0.153. The maximum atomic E-state index is 5.21. The lowest BCUT2D eigenvalue weighted by atomic mass is 10.0. The summed E-state index contributed by atoms with van der Waals surface area (Å²) in [5.74, 6) is 0.655. The van der Waals surface area contributed by atoms with Gasteiger partial charge in [0.2, 0.25) is 0 Å². The molecule has 8 aromatic carbocycles. The lowest BCUT2D eigenvalue weighted by Crippen LogP contribution is -1.97. The van der Waals surface area contributed by atoms with Crippen molar-refractivity contribution < 1.29 is 0 Å². The minimum absolute atomic E-state index is 0.655. The van der Waals surface area contributed by atoms with Crippen molar-refractivity contribution in [3.05, 3.63) is 243 Å². The van der Waals surface area contributed by atoms with Gasteiger partial charge in [-0.1, -0.05) is 140 Å². The zero-order valence-electron chi connectivity index (χ0n) is 36.8. The number of pyridine rings is 2. The molecule has 0 unspecified atom stereocenters. The Morgan fingerprint density at radius 1 is 0.250 bits per heavy atom. The van der Waals surface area contributed by atoms with Gasteiger partial charge < -0.3 is 9.13 Å². The highest BCUT2D eigenvalue weighted by Gasteiger charge is 2.17. The summed E-state index contributed by atoms with van der Waals surface area (Å²) >= 11 is 0. The van der Waals surface area contributed by atoms with Crippen LogP contribution in [-0.4, -0.2) is 29.1 Å². The zero-order valence-corrected chi connectivity index (χ0v) is 36.8. The van der Waals surface area contributed by atoms with Gasteiger partial charge in [0.25, 0.3) is 0 Å².